The van der Waals surface area contributed by atoms with E-state index in [4.69, 9.17) is 10.5 Å². The monoisotopic (exact) mass is 234 g/mol. The highest BCUT2D eigenvalue weighted by Crippen LogP contribution is 2.19. The molecule has 0 aliphatic heterocycles. The number of carbonyl (C=O) groups excluding carboxylic acids is 1. The van der Waals surface area contributed by atoms with Gasteiger partial charge < -0.3 is 10.5 Å². The van der Waals surface area contributed by atoms with Crippen LogP contribution in [0.3, 0.4) is 0 Å². The van der Waals surface area contributed by atoms with Gasteiger partial charge >= 0.3 is 5.97 Å². The number of anilines is 1. The molecule has 2 rings (SSSR count). The number of benzene rings is 1. The van der Waals surface area contributed by atoms with Gasteiger partial charge in [-0.15, -0.1) is 11.3 Å². The predicted molar refractivity (Wildman–Crippen MR) is 62.7 cm³/mol. The average molecular weight is 234 g/mol. The molecule has 0 aliphatic carbocycles. The molecule has 2 aromatic rings. The normalized spacial score (nSPS) is 10.1. The minimum atomic E-state index is -0.467. The van der Waals surface area contributed by atoms with Crippen molar-refractivity contribution in [2.24, 2.45) is 0 Å². The maximum Gasteiger partial charge on any atom is 0.357 e. The Hall–Kier alpha value is -1.88. The van der Waals surface area contributed by atoms with Gasteiger partial charge in [0.15, 0.2) is 4.88 Å². The van der Waals surface area contributed by atoms with Crippen molar-refractivity contribution in [3.63, 3.8) is 0 Å². The molecule has 5 heteroatoms. The number of nitrogen functional groups attached to an aromatic ring is 1. The van der Waals surface area contributed by atoms with Gasteiger partial charge in [-0.2, -0.15) is 0 Å². The van der Waals surface area contributed by atoms with Crippen LogP contribution in [-0.4, -0.2) is 11.0 Å². The number of hydrogen-bond acceptors (Lipinski definition) is 5. The molecule has 1 heterocycles. The van der Waals surface area contributed by atoms with Crippen molar-refractivity contribution in [1.82, 2.24) is 4.98 Å². The molecule has 0 saturated heterocycles. The fourth-order valence-corrected chi connectivity index (χ4v) is 1.82. The molecule has 2 N–H and O–H groups in total. The van der Waals surface area contributed by atoms with E-state index in [0.717, 1.165) is 5.56 Å². The fraction of sp³-hybridized carbons (Fsp3) is 0.0909. The van der Waals surface area contributed by atoms with E-state index >= 15 is 0 Å². The lowest BCUT2D eigenvalue weighted by Gasteiger charge is -2.03. The third-order valence-corrected chi connectivity index (χ3v) is 2.80. The van der Waals surface area contributed by atoms with E-state index in [9.17, 15) is 4.79 Å². The van der Waals surface area contributed by atoms with E-state index in [2.05, 4.69) is 4.98 Å². The maximum absolute atomic E-state index is 11.7. The summed E-state index contributed by atoms with van der Waals surface area (Å²) in [6, 6.07) is 7.27. The molecule has 16 heavy (non-hydrogen) atoms. The summed E-state index contributed by atoms with van der Waals surface area (Å²) >= 11 is 1.17. The van der Waals surface area contributed by atoms with Gasteiger partial charge in [0.1, 0.15) is 11.6 Å². The van der Waals surface area contributed by atoms with Gasteiger partial charge in [-0.25, -0.2) is 9.78 Å². The van der Waals surface area contributed by atoms with Crippen molar-refractivity contribution in [1.29, 1.82) is 0 Å². The number of nitrogens with two attached hydrogens (primary N) is 1. The van der Waals surface area contributed by atoms with Crippen LogP contribution in [0.4, 0.5) is 5.82 Å². The number of aromatic nitrogens is 1. The van der Waals surface area contributed by atoms with E-state index in [1.54, 1.807) is 12.1 Å². The van der Waals surface area contributed by atoms with Crippen molar-refractivity contribution in [2.45, 2.75) is 6.92 Å². The zero-order valence-electron chi connectivity index (χ0n) is 8.64. The Morgan fingerprint density at radius 3 is 2.94 bits per heavy atom. The number of rotatable bonds is 2. The molecule has 0 atom stereocenters. The van der Waals surface area contributed by atoms with Crippen molar-refractivity contribution in [3.05, 3.63) is 40.2 Å². The van der Waals surface area contributed by atoms with Crippen molar-refractivity contribution >= 4 is 23.1 Å². The molecule has 0 saturated carbocycles. The summed E-state index contributed by atoms with van der Waals surface area (Å²) in [5.74, 6) is 0.256. The lowest BCUT2D eigenvalue weighted by Crippen LogP contribution is -2.09. The van der Waals surface area contributed by atoms with Gasteiger partial charge in [-0.3, -0.25) is 0 Å². The summed E-state index contributed by atoms with van der Waals surface area (Å²) in [7, 11) is 0. The number of aryl methyl sites for hydroxylation is 1. The lowest BCUT2D eigenvalue weighted by atomic mass is 10.2. The first kappa shape index (κ1) is 10.6. The molecular formula is C11H10N2O2S. The number of thiazole rings is 1. The molecule has 0 spiro atoms. The number of hydrogen-bond donors (Lipinski definition) is 1. The highest BCUT2D eigenvalue weighted by Gasteiger charge is 2.14. The van der Waals surface area contributed by atoms with E-state index < -0.39 is 5.97 Å². The van der Waals surface area contributed by atoms with Crippen LogP contribution in [0, 0.1) is 6.92 Å². The first-order chi connectivity index (χ1) is 7.66. The molecule has 1 aromatic heterocycles. The number of esters is 1. The average Bonchev–Trinajstić information content (AvgIpc) is 2.64. The topological polar surface area (TPSA) is 65.2 Å². The maximum atomic E-state index is 11.7. The number of carbonyl (C=O) groups is 1. The molecular weight excluding hydrogens is 224 g/mol. The third kappa shape index (κ3) is 2.20. The zero-order valence-corrected chi connectivity index (χ0v) is 9.45. The molecule has 82 valence electrons. The molecule has 1 aromatic carbocycles. The van der Waals surface area contributed by atoms with E-state index in [-0.39, 0.29) is 5.82 Å². The molecule has 0 amide bonds. The van der Waals surface area contributed by atoms with Gasteiger partial charge in [-0.1, -0.05) is 12.1 Å². The van der Waals surface area contributed by atoms with Crippen molar-refractivity contribution < 1.29 is 9.53 Å². The van der Waals surface area contributed by atoms with Crippen LogP contribution in [0.5, 0.6) is 5.75 Å². The quantitative estimate of drug-likeness (QED) is 0.639. The van der Waals surface area contributed by atoms with Crippen LogP contribution in [0.2, 0.25) is 0 Å². The second-order valence-corrected chi connectivity index (χ2v) is 4.13. The van der Waals surface area contributed by atoms with Gasteiger partial charge in [0.2, 0.25) is 0 Å². The molecule has 0 fully saturated rings. The van der Waals surface area contributed by atoms with Crippen LogP contribution >= 0.6 is 11.3 Å². The van der Waals surface area contributed by atoms with Crippen LogP contribution in [0.1, 0.15) is 15.2 Å². The van der Waals surface area contributed by atoms with Gasteiger partial charge in [-0.05, 0) is 24.6 Å². The van der Waals surface area contributed by atoms with Gasteiger partial charge in [0.05, 0.1) is 5.51 Å². The second-order valence-electron chi connectivity index (χ2n) is 3.27. The Kier molecular flexibility index (Phi) is 2.87. The number of ether oxygens (including phenoxy) is 1. The molecule has 0 bridgehead atoms. The highest BCUT2D eigenvalue weighted by molar-refractivity contribution is 7.12. The molecule has 0 aliphatic rings. The predicted octanol–water partition coefficient (Wildman–Crippen LogP) is 2.25. The van der Waals surface area contributed by atoms with Crippen LogP contribution in [0.15, 0.2) is 29.8 Å². The summed E-state index contributed by atoms with van der Waals surface area (Å²) in [4.78, 5) is 15.8. The molecule has 0 unspecified atom stereocenters. The van der Waals surface area contributed by atoms with Gasteiger partial charge in [0, 0.05) is 0 Å². The SMILES string of the molecule is Cc1cccc(OC(=O)c2scnc2N)c1. The summed E-state index contributed by atoms with van der Waals surface area (Å²) in [6.45, 7) is 1.93. The van der Waals surface area contributed by atoms with E-state index in [1.165, 1.54) is 16.8 Å². The minimum absolute atomic E-state index is 0.211. The lowest BCUT2D eigenvalue weighted by molar-refractivity contribution is 0.0740. The Balaban J connectivity index is 2.17. The summed E-state index contributed by atoms with van der Waals surface area (Å²) in [5, 5.41) is 0. The summed E-state index contributed by atoms with van der Waals surface area (Å²) < 4.78 is 5.17. The van der Waals surface area contributed by atoms with Gasteiger partial charge in [0.25, 0.3) is 0 Å². The first-order valence-electron chi connectivity index (χ1n) is 4.64. The van der Waals surface area contributed by atoms with Crippen LogP contribution in [-0.2, 0) is 0 Å². The van der Waals surface area contributed by atoms with E-state index in [1.807, 2.05) is 19.1 Å². The molecule has 0 radical (unpaired) electrons. The fourth-order valence-electron chi connectivity index (χ4n) is 1.24. The molecule has 4 nitrogen and oxygen atoms in total. The van der Waals surface area contributed by atoms with Crippen LogP contribution < -0.4 is 10.5 Å². The Labute approximate surface area is 96.7 Å². The smallest absolute Gasteiger partial charge is 0.357 e. The number of nitrogens with zero attached hydrogens (tertiary/aromatic N) is 1. The third-order valence-electron chi connectivity index (χ3n) is 1.98. The van der Waals surface area contributed by atoms with Crippen molar-refractivity contribution in [3.8, 4) is 5.75 Å². The minimum Gasteiger partial charge on any atom is -0.422 e. The van der Waals surface area contributed by atoms with Crippen molar-refractivity contribution in [2.75, 3.05) is 5.73 Å². The second kappa shape index (κ2) is 4.32. The highest BCUT2D eigenvalue weighted by atomic mass is 32.1. The Bertz CT molecular complexity index is 522. The largest absolute Gasteiger partial charge is 0.422 e. The standard InChI is InChI=1S/C11H10N2O2S/c1-7-3-2-4-8(5-7)15-11(14)9-10(12)13-6-16-9/h2-6H,12H2,1H3. The van der Waals surface area contributed by atoms with E-state index in [0.29, 0.717) is 10.6 Å². The summed E-state index contributed by atoms with van der Waals surface area (Å²) in [6.07, 6.45) is 0. The summed E-state index contributed by atoms with van der Waals surface area (Å²) in [5.41, 5.74) is 8.07. The Morgan fingerprint density at radius 2 is 2.31 bits per heavy atom. The zero-order chi connectivity index (χ0) is 11.5. The Morgan fingerprint density at radius 1 is 1.50 bits per heavy atom. The van der Waals surface area contributed by atoms with Crippen LogP contribution in [0.25, 0.3) is 0 Å². The first-order valence-corrected chi connectivity index (χ1v) is 5.52.